The number of azo groups is 1. The summed E-state index contributed by atoms with van der Waals surface area (Å²) in [6.07, 6.45) is 0. The molecule has 2 aromatic rings. The van der Waals surface area contributed by atoms with Crippen LogP contribution in [-0.2, 0) is 9.84 Å². The molecule has 0 aliphatic heterocycles. The standard InChI is InChI=1S/C15H13N3O4S/c16-10-11-1-6-15(20)14(9-11)18-17-12-2-4-13(5-3-12)23(21,22)8-7-19/h1-6,9,19-20H,7-8H2. The highest BCUT2D eigenvalue weighted by atomic mass is 32.2. The lowest BCUT2D eigenvalue weighted by molar-refractivity contribution is 0.319. The first-order valence-corrected chi connectivity index (χ1v) is 8.20. The third-order valence-corrected chi connectivity index (χ3v) is 4.64. The molecule has 0 saturated carbocycles. The van der Waals surface area contributed by atoms with Crippen molar-refractivity contribution in [2.75, 3.05) is 12.4 Å². The van der Waals surface area contributed by atoms with Crippen LogP contribution in [-0.4, -0.2) is 31.0 Å². The number of aromatic hydroxyl groups is 1. The number of rotatable bonds is 5. The number of nitrogens with zero attached hydrogens (tertiary/aromatic N) is 3. The predicted molar refractivity (Wildman–Crippen MR) is 82.6 cm³/mol. The number of aliphatic hydroxyl groups excluding tert-OH is 1. The number of hydrogen-bond acceptors (Lipinski definition) is 7. The molecular formula is C15H13N3O4S. The topological polar surface area (TPSA) is 123 Å². The molecule has 0 aliphatic carbocycles. The van der Waals surface area contributed by atoms with Crippen molar-refractivity contribution >= 4 is 21.2 Å². The summed E-state index contributed by atoms with van der Waals surface area (Å²) in [7, 11) is -3.51. The van der Waals surface area contributed by atoms with Gasteiger partial charge in [0.25, 0.3) is 0 Å². The van der Waals surface area contributed by atoms with Gasteiger partial charge in [0.2, 0.25) is 0 Å². The average Bonchev–Trinajstić information content (AvgIpc) is 2.54. The summed E-state index contributed by atoms with van der Waals surface area (Å²) >= 11 is 0. The van der Waals surface area contributed by atoms with Gasteiger partial charge in [-0.1, -0.05) is 0 Å². The van der Waals surface area contributed by atoms with Gasteiger partial charge < -0.3 is 10.2 Å². The molecule has 0 atom stereocenters. The molecule has 0 unspecified atom stereocenters. The molecule has 7 nitrogen and oxygen atoms in total. The molecule has 0 radical (unpaired) electrons. The minimum Gasteiger partial charge on any atom is -0.506 e. The van der Waals surface area contributed by atoms with E-state index in [0.29, 0.717) is 11.3 Å². The van der Waals surface area contributed by atoms with Gasteiger partial charge in [0.05, 0.1) is 34.6 Å². The molecule has 0 heterocycles. The molecule has 2 aromatic carbocycles. The summed E-state index contributed by atoms with van der Waals surface area (Å²) < 4.78 is 23.5. The second-order valence-electron chi connectivity index (χ2n) is 4.55. The van der Waals surface area contributed by atoms with Gasteiger partial charge in [-0.3, -0.25) is 0 Å². The molecule has 2 N–H and O–H groups in total. The monoisotopic (exact) mass is 331 g/mol. The third kappa shape index (κ3) is 4.12. The number of benzene rings is 2. The van der Waals surface area contributed by atoms with Gasteiger partial charge in [0.15, 0.2) is 9.84 Å². The SMILES string of the molecule is N#Cc1ccc(O)c(N=Nc2ccc(S(=O)(=O)CCO)cc2)c1. The highest BCUT2D eigenvalue weighted by Crippen LogP contribution is 2.29. The van der Waals surface area contributed by atoms with Gasteiger partial charge in [-0.25, -0.2) is 8.42 Å². The van der Waals surface area contributed by atoms with Crippen LogP contribution in [0.4, 0.5) is 11.4 Å². The van der Waals surface area contributed by atoms with Crippen LogP contribution in [0.2, 0.25) is 0 Å². The van der Waals surface area contributed by atoms with E-state index in [0.717, 1.165) is 0 Å². The van der Waals surface area contributed by atoms with E-state index >= 15 is 0 Å². The van der Waals surface area contributed by atoms with Crippen molar-refractivity contribution in [1.82, 2.24) is 0 Å². The summed E-state index contributed by atoms with van der Waals surface area (Å²) in [6.45, 7) is -0.446. The number of phenolic OH excluding ortho intramolecular Hbond substituents is 1. The normalized spacial score (nSPS) is 11.5. The zero-order valence-electron chi connectivity index (χ0n) is 11.9. The second-order valence-corrected chi connectivity index (χ2v) is 6.66. The van der Waals surface area contributed by atoms with Gasteiger partial charge >= 0.3 is 0 Å². The third-order valence-electron chi connectivity index (χ3n) is 2.93. The zero-order valence-corrected chi connectivity index (χ0v) is 12.7. The molecule has 0 saturated heterocycles. The Morgan fingerprint density at radius 1 is 1.09 bits per heavy atom. The number of hydrogen-bond donors (Lipinski definition) is 2. The maximum Gasteiger partial charge on any atom is 0.180 e. The fourth-order valence-electron chi connectivity index (χ4n) is 1.74. The van der Waals surface area contributed by atoms with Crippen molar-refractivity contribution in [3.8, 4) is 11.8 Å². The zero-order chi connectivity index (χ0) is 16.9. The van der Waals surface area contributed by atoms with Crippen molar-refractivity contribution < 1.29 is 18.6 Å². The summed E-state index contributed by atoms with van der Waals surface area (Å²) in [5.74, 6) is -0.460. The van der Waals surface area contributed by atoms with Crippen LogP contribution in [0.1, 0.15) is 5.56 Å². The smallest absolute Gasteiger partial charge is 0.180 e. The van der Waals surface area contributed by atoms with Crippen LogP contribution in [0.15, 0.2) is 57.6 Å². The van der Waals surface area contributed by atoms with E-state index in [2.05, 4.69) is 10.2 Å². The number of sulfone groups is 1. The van der Waals surface area contributed by atoms with E-state index in [4.69, 9.17) is 10.4 Å². The molecule has 0 aromatic heterocycles. The van der Waals surface area contributed by atoms with E-state index < -0.39 is 16.4 Å². The minimum atomic E-state index is -3.51. The van der Waals surface area contributed by atoms with Crippen LogP contribution in [0.5, 0.6) is 5.75 Å². The van der Waals surface area contributed by atoms with E-state index in [1.807, 2.05) is 6.07 Å². The molecule has 118 valence electrons. The maximum absolute atomic E-state index is 11.8. The molecule has 0 spiro atoms. The van der Waals surface area contributed by atoms with E-state index in [-0.39, 0.29) is 22.1 Å². The summed E-state index contributed by atoms with van der Waals surface area (Å²) in [5, 5.41) is 34.9. The Morgan fingerprint density at radius 2 is 1.78 bits per heavy atom. The lowest BCUT2D eigenvalue weighted by atomic mass is 10.2. The Bertz CT molecular complexity index is 869. The van der Waals surface area contributed by atoms with Crippen molar-refractivity contribution in [3.63, 3.8) is 0 Å². The molecule has 23 heavy (non-hydrogen) atoms. The van der Waals surface area contributed by atoms with Gasteiger partial charge in [-0.15, -0.1) is 5.11 Å². The fraction of sp³-hybridized carbons (Fsp3) is 0.133. The van der Waals surface area contributed by atoms with Crippen LogP contribution in [0.3, 0.4) is 0 Å². The Kier molecular flexibility index (Phi) is 5.05. The van der Waals surface area contributed by atoms with Crippen LogP contribution >= 0.6 is 0 Å². The van der Waals surface area contributed by atoms with Gasteiger partial charge in [-0.05, 0) is 42.5 Å². The first-order valence-electron chi connectivity index (χ1n) is 6.55. The first-order chi connectivity index (χ1) is 11.0. The van der Waals surface area contributed by atoms with E-state index in [1.165, 1.54) is 42.5 Å². The maximum atomic E-state index is 11.8. The lowest BCUT2D eigenvalue weighted by Crippen LogP contribution is -2.09. The fourth-order valence-corrected chi connectivity index (χ4v) is 2.77. The molecule has 0 bridgehead atoms. The summed E-state index contributed by atoms with van der Waals surface area (Å²) in [5.41, 5.74) is 0.859. The Morgan fingerprint density at radius 3 is 2.39 bits per heavy atom. The molecule has 2 rings (SSSR count). The minimum absolute atomic E-state index is 0.0832. The number of aliphatic hydroxyl groups is 1. The van der Waals surface area contributed by atoms with Crippen LogP contribution in [0.25, 0.3) is 0 Å². The van der Waals surface area contributed by atoms with Gasteiger partial charge in [0, 0.05) is 0 Å². The number of phenols is 1. The van der Waals surface area contributed by atoms with Crippen molar-refractivity contribution in [2.45, 2.75) is 4.90 Å². The van der Waals surface area contributed by atoms with E-state index in [9.17, 15) is 13.5 Å². The molecule has 8 heteroatoms. The summed E-state index contributed by atoms with van der Waals surface area (Å²) in [6, 6.07) is 11.8. The average molecular weight is 331 g/mol. The molecule has 0 fully saturated rings. The highest BCUT2D eigenvalue weighted by Gasteiger charge is 2.13. The Hall–Kier alpha value is -2.76. The van der Waals surface area contributed by atoms with Crippen molar-refractivity contribution in [3.05, 3.63) is 48.0 Å². The molecule has 0 aliphatic rings. The molecular weight excluding hydrogens is 318 g/mol. The largest absolute Gasteiger partial charge is 0.506 e. The lowest BCUT2D eigenvalue weighted by Gasteiger charge is -2.02. The Labute approximate surface area is 133 Å². The van der Waals surface area contributed by atoms with Gasteiger partial charge in [0.1, 0.15) is 11.4 Å². The van der Waals surface area contributed by atoms with Gasteiger partial charge in [-0.2, -0.15) is 10.4 Å². The quantitative estimate of drug-likeness (QED) is 0.814. The first kappa shape index (κ1) is 16.6. The van der Waals surface area contributed by atoms with Crippen molar-refractivity contribution in [2.24, 2.45) is 10.2 Å². The number of nitriles is 1. The second kappa shape index (κ2) is 7.00. The van der Waals surface area contributed by atoms with Crippen molar-refractivity contribution in [1.29, 1.82) is 5.26 Å². The highest BCUT2D eigenvalue weighted by molar-refractivity contribution is 7.91. The predicted octanol–water partition coefficient (Wildman–Crippen LogP) is 2.45. The molecule has 0 amide bonds. The summed E-state index contributed by atoms with van der Waals surface area (Å²) in [4.78, 5) is 0.0832. The van der Waals surface area contributed by atoms with Crippen LogP contribution in [0, 0.1) is 11.3 Å². The van der Waals surface area contributed by atoms with Crippen LogP contribution < -0.4 is 0 Å². The van der Waals surface area contributed by atoms with E-state index in [1.54, 1.807) is 0 Å². The Balaban J connectivity index is 2.23.